The van der Waals surface area contributed by atoms with Crippen molar-refractivity contribution in [2.24, 2.45) is 12.5 Å². The van der Waals surface area contributed by atoms with Crippen molar-refractivity contribution in [1.29, 1.82) is 0 Å². The van der Waals surface area contributed by atoms with Gasteiger partial charge in [0.05, 0.1) is 6.20 Å². The highest BCUT2D eigenvalue weighted by Gasteiger charge is 2.37. The lowest BCUT2D eigenvalue weighted by Crippen LogP contribution is -2.56. The van der Waals surface area contributed by atoms with Crippen molar-refractivity contribution in [3.05, 3.63) is 82.0 Å². The molecular formula is C34H48N6O3. The molecule has 9 heteroatoms. The molecule has 0 atom stereocenters. The van der Waals surface area contributed by atoms with Crippen molar-refractivity contribution >= 4 is 22.8 Å². The number of hydrogen-bond donors (Lipinski definition) is 1. The lowest BCUT2D eigenvalue weighted by molar-refractivity contribution is -0.142. The summed E-state index contributed by atoms with van der Waals surface area (Å²) in [6.07, 6.45) is 5.25. The maximum atomic E-state index is 13.5. The lowest BCUT2D eigenvalue weighted by atomic mass is 9.84. The smallest absolute Gasteiger partial charge is 0.265 e. The zero-order valence-electron chi connectivity index (χ0n) is 27.5. The number of benzene rings is 1. The van der Waals surface area contributed by atoms with Crippen LogP contribution in [0.25, 0.3) is 22.2 Å². The van der Waals surface area contributed by atoms with Crippen molar-refractivity contribution in [3.8, 4) is 11.1 Å². The normalized spacial score (nSPS) is 12.8. The number of likely N-dealkylation sites (tertiary alicyclic amines) is 1. The largest absolute Gasteiger partial charge is 0.348 e. The number of pyridine rings is 2. The minimum absolute atomic E-state index is 0.0264. The number of fused-ring (bicyclic) bond motifs is 1. The van der Waals surface area contributed by atoms with Gasteiger partial charge in [-0.3, -0.25) is 23.6 Å². The number of carbonyl (C=O) groups excluding carboxylic acids is 2. The first-order valence-electron chi connectivity index (χ1n) is 15.2. The molecule has 0 bridgehead atoms. The molecule has 0 aliphatic carbocycles. The van der Waals surface area contributed by atoms with Gasteiger partial charge in [-0.15, -0.1) is 0 Å². The first-order valence-corrected chi connectivity index (χ1v) is 15.2. The summed E-state index contributed by atoms with van der Waals surface area (Å²) in [4.78, 5) is 46.0. The van der Waals surface area contributed by atoms with Gasteiger partial charge < -0.3 is 10.2 Å². The van der Waals surface area contributed by atoms with Crippen LogP contribution in [0.5, 0.6) is 0 Å². The molecule has 0 unspecified atom stereocenters. The second kappa shape index (κ2) is 15.8. The molecule has 43 heavy (non-hydrogen) atoms. The van der Waals surface area contributed by atoms with Gasteiger partial charge in [-0.05, 0) is 30.0 Å². The van der Waals surface area contributed by atoms with Crippen LogP contribution in [0.1, 0.15) is 76.9 Å². The van der Waals surface area contributed by atoms with Crippen molar-refractivity contribution in [2.45, 2.75) is 75.4 Å². The zero-order valence-corrected chi connectivity index (χ0v) is 27.5. The lowest BCUT2D eigenvalue weighted by Gasteiger charge is -2.45. The van der Waals surface area contributed by atoms with Gasteiger partial charge in [0.2, 0.25) is 5.91 Å². The van der Waals surface area contributed by atoms with Crippen LogP contribution in [0.3, 0.4) is 0 Å². The topological polar surface area (TPSA) is 102 Å². The number of aryl methyl sites for hydroxylation is 2. The fraction of sp³-hybridized carbons (Fsp3) is 0.441. The predicted molar refractivity (Wildman–Crippen MR) is 175 cm³/mol. The summed E-state index contributed by atoms with van der Waals surface area (Å²) < 4.78 is 3.01. The third kappa shape index (κ3) is 8.63. The van der Waals surface area contributed by atoms with Crippen LogP contribution in [0.15, 0.2) is 59.8 Å². The number of nitrogens with zero attached hydrogens (tertiary/aromatic N) is 5. The summed E-state index contributed by atoms with van der Waals surface area (Å²) >= 11 is 0. The van der Waals surface area contributed by atoms with Crippen LogP contribution in [0.2, 0.25) is 0 Å². The van der Waals surface area contributed by atoms with E-state index in [1.165, 1.54) is 4.57 Å². The van der Waals surface area contributed by atoms with Gasteiger partial charge in [-0.25, -0.2) is 4.98 Å². The summed E-state index contributed by atoms with van der Waals surface area (Å²) in [6.45, 7) is 19.6. The summed E-state index contributed by atoms with van der Waals surface area (Å²) in [7, 11) is 1.83. The average molecular weight is 589 g/mol. The van der Waals surface area contributed by atoms with Gasteiger partial charge in [-0.1, -0.05) is 85.2 Å². The SMILES string of the molecule is CC.CC.CC.Cc1ccc(CNC(=O)c2cc3cc(-c4cnn(C)c4)cnc3n(CC(=O)N3CC(C)(C)C3)c2=O)cc1. The van der Waals surface area contributed by atoms with Gasteiger partial charge in [-0.2, -0.15) is 5.10 Å². The van der Waals surface area contributed by atoms with Crippen LogP contribution in [0.4, 0.5) is 0 Å². The minimum Gasteiger partial charge on any atom is -0.348 e. The molecule has 2 amide bonds. The van der Waals surface area contributed by atoms with Crippen LogP contribution in [-0.4, -0.2) is 49.1 Å². The Hall–Kier alpha value is -4.27. The average Bonchev–Trinajstić information content (AvgIpc) is 3.45. The van der Waals surface area contributed by atoms with Gasteiger partial charge in [0, 0.05) is 55.6 Å². The molecule has 232 valence electrons. The summed E-state index contributed by atoms with van der Waals surface area (Å²) in [6, 6.07) is 11.2. The Bertz CT molecular complexity index is 1560. The Labute approximate surface area is 255 Å². The quantitative estimate of drug-likeness (QED) is 0.298. The Morgan fingerprint density at radius 1 is 0.930 bits per heavy atom. The monoisotopic (exact) mass is 588 g/mol. The number of nitrogens with one attached hydrogen (secondary N) is 1. The van der Waals surface area contributed by atoms with Crippen LogP contribution < -0.4 is 10.9 Å². The fourth-order valence-electron chi connectivity index (χ4n) is 4.68. The van der Waals surface area contributed by atoms with E-state index in [9.17, 15) is 14.4 Å². The number of carbonyl (C=O) groups is 2. The van der Waals surface area contributed by atoms with Crippen molar-refractivity contribution in [2.75, 3.05) is 13.1 Å². The number of rotatable bonds is 6. The molecule has 1 N–H and O–H groups in total. The fourth-order valence-corrected chi connectivity index (χ4v) is 4.68. The molecule has 4 heterocycles. The molecule has 1 aromatic carbocycles. The first-order chi connectivity index (χ1) is 20.6. The third-order valence-corrected chi connectivity index (χ3v) is 6.67. The second-order valence-electron chi connectivity index (χ2n) is 10.6. The highest BCUT2D eigenvalue weighted by molar-refractivity contribution is 5.97. The van der Waals surface area contributed by atoms with Crippen LogP contribution in [0, 0.1) is 12.3 Å². The second-order valence-corrected chi connectivity index (χ2v) is 10.6. The summed E-state index contributed by atoms with van der Waals surface area (Å²) in [5.41, 5.74) is 3.57. The molecule has 1 aliphatic rings. The summed E-state index contributed by atoms with van der Waals surface area (Å²) in [5.74, 6) is -0.663. The van der Waals surface area contributed by atoms with E-state index in [2.05, 4.69) is 29.2 Å². The van der Waals surface area contributed by atoms with E-state index >= 15 is 0 Å². The molecule has 0 radical (unpaired) electrons. The summed E-state index contributed by atoms with van der Waals surface area (Å²) in [5, 5.41) is 7.66. The van der Waals surface area contributed by atoms with E-state index in [-0.39, 0.29) is 30.0 Å². The maximum absolute atomic E-state index is 13.5. The van der Waals surface area contributed by atoms with E-state index in [4.69, 9.17) is 0 Å². The van der Waals surface area contributed by atoms with Crippen molar-refractivity contribution < 1.29 is 9.59 Å². The Morgan fingerprint density at radius 3 is 2.12 bits per heavy atom. The van der Waals surface area contributed by atoms with Gasteiger partial charge in [0.15, 0.2) is 0 Å². The standard InChI is InChI=1S/C28H30N6O3.3C2H6/c1-18-5-7-19(8-6-18)11-30-26(36)23-10-20-9-21(22-13-31-32(4)14-22)12-29-25(20)34(27(23)37)15-24(35)33-16-28(2,3)17-33;3*1-2/h5-10,12-14H,11,15-17H2,1-4H3,(H,30,36);3*1-2H3. The molecule has 4 aromatic rings. The van der Waals surface area contributed by atoms with E-state index in [0.717, 1.165) is 22.3 Å². The molecule has 1 fully saturated rings. The zero-order chi connectivity index (χ0) is 32.3. The van der Waals surface area contributed by atoms with E-state index in [1.807, 2.05) is 92.0 Å². The van der Waals surface area contributed by atoms with E-state index in [0.29, 0.717) is 24.1 Å². The minimum atomic E-state index is -0.538. The van der Waals surface area contributed by atoms with E-state index < -0.39 is 11.5 Å². The highest BCUT2D eigenvalue weighted by Crippen LogP contribution is 2.29. The Morgan fingerprint density at radius 2 is 1.56 bits per heavy atom. The maximum Gasteiger partial charge on any atom is 0.265 e. The molecule has 0 spiro atoms. The number of amides is 2. The first kappa shape index (κ1) is 34.9. The number of aromatic nitrogens is 4. The third-order valence-electron chi connectivity index (χ3n) is 6.67. The van der Waals surface area contributed by atoms with Crippen molar-refractivity contribution in [1.82, 2.24) is 29.5 Å². The molecule has 9 nitrogen and oxygen atoms in total. The van der Waals surface area contributed by atoms with Crippen molar-refractivity contribution in [3.63, 3.8) is 0 Å². The highest BCUT2D eigenvalue weighted by atomic mass is 16.2. The molecule has 5 rings (SSSR count). The molecular weight excluding hydrogens is 540 g/mol. The Balaban J connectivity index is 0.00000101. The molecule has 1 aliphatic heterocycles. The van der Waals surface area contributed by atoms with Crippen LogP contribution in [-0.2, 0) is 24.9 Å². The molecule has 3 aromatic heterocycles. The van der Waals surface area contributed by atoms with Gasteiger partial charge >= 0.3 is 0 Å². The van der Waals surface area contributed by atoms with E-state index in [1.54, 1.807) is 28.0 Å². The van der Waals surface area contributed by atoms with Gasteiger partial charge in [0.25, 0.3) is 11.5 Å². The Kier molecular flexibility index (Phi) is 12.8. The van der Waals surface area contributed by atoms with Gasteiger partial charge in [0.1, 0.15) is 17.8 Å². The molecule has 0 saturated carbocycles. The number of hydrogen-bond acceptors (Lipinski definition) is 5. The predicted octanol–water partition coefficient (Wildman–Crippen LogP) is 5.98. The van der Waals surface area contributed by atoms with Crippen LogP contribution >= 0.6 is 0 Å². The molecule has 1 saturated heterocycles.